The summed E-state index contributed by atoms with van der Waals surface area (Å²) in [6.07, 6.45) is 1.97. The summed E-state index contributed by atoms with van der Waals surface area (Å²) in [6, 6.07) is 64.6. The summed E-state index contributed by atoms with van der Waals surface area (Å²) in [7, 11) is 0. The number of aryl methyl sites for hydroxylation is 1. The Hall–Kier alpha value is -7.76. The first-order valence-electron chi connectivity index (χ1n) is 20.7. The molecule has 1 aliphatic rings. The van der Waals surface area contributed by atoms with E-state index in [0.717, 1.165) is 90.3 Å². The van der Waals surface area contributed by atoms with Crippen LogP contribution in [0.4, 0.5) is 0 Å². The highest BCUT2D eigenvalue weighted by molar-refractivity contribution is 6.23. The summed E-state index contributed by atoms with van der Waals surface area (Å²) in [4.78, 5) is 10.9. The number of fused-ring (bicyclic) bond motifs is 13. The molecule has 0 saturated heterocycles. The van der Waals surface area contributed by atoms with Gasteiger partial charge in [0.2, 0.25) is 5.95 Å². The second-order valence-electron chi connectivity index (χ2n) is 16.0. The van der Waals surface area contributed by atoms with Crippen molar-refractivity contribution >= 4 is 65.7 Å². The highest BCUT2D eigenvalue weighted by Crippen LogP contribution is 2.46. The average molecular weight is 770 g/mol. The Morgan fingerprint density at radius 2 is 1.18 bits per heavy atom. The average Bonchev–Trinajstić information content (AvgIpc) is 3.95. The van der Waals surface area contributed by atoms with Gasteiger partial charge in [-0.15, -0.1) is 0 Å². The van der Waals surface area contributed by atoms with Gasteiger partial charge in [-0.3, -0.25) is 4.57 Å². The second-order valence-corrected chi connectivity index (χ2v) is 16.0. The van der Waals surface area contributed by atoms with Gasteiger partial charge < -0.3 is 8.83 Å². The Bertz CT molecular complexity index is 3670. The first-order chi connectivity index (χ1) is 29.7. The SMILES string of the molecule is c1ccc(-c2cc(-c3cccc4c3oc3ccc5c6ccccc6oc5c34)nc(-n3c4ccccc4c4cc5c(cc43)CCC(c3ccccc3)c3ccccc3-5)n2)cc1. The van der Waals surface area contributed by atoms with Gasteiger partial charge in [0.1, 0.15) is 22.3 Å². The molecule has 5 heteroatoms. The summed E-state index contributed by atoms with van der Waals surface area (Å²) < 4.78 is 15.6. The van der Waals surface area contributed by atoms with Crippen molar-refractivity contribution in [3.05, 3.63) is 199 Å². The lowest BCUT2D eigenvalue weighted by Crippen LogP contribution is -2.04. The monoisotopic (exact) mass is 769 g/mol. The summed E-state index contributed by atoms with van der Waals surface area (Å²) in [5.74, 6) is 0.923. The van der Waals surface area contributed by atoms with Gasteiger partial charge in [0, 0.05) is 44.0 Å². The molecular weight excluding hydrogens is 735 g/mol. The van der Waals surface area contributed by atoms with Crippen LogP contribution in [-0.4, -0.2) is 14.5 Å². The molecule has 4 aromatic heterocycles. The van der Waals surface area contributed by atoms with Crippen molar-refractivity contribution in [1.82, 2.24) is 14.5 Å². The number of aromatic nitrogens is 3. The van der Waals surface area contributed by atoms with E-state index in [9.17, 15) is 0 Å². The highest BCUT2D eigenvalue weighted by Gasteiger charge is 2.27. The molecule has 0 spiro atoms. The maximum atomic E-state index is 6.77. The number of nitrogens with zero attached hydrogens (tertiary/aromatic N) is 3. The van der Waals surface area contributed by atoms with Gasteiger partial charge in [0.05, 0.1) is 27.8 Å². The van der Waals surface area contributed by atoms with Crippen molar-refractivity contribution in [3.63, 3.8) is 0 Å². The standard InChI is InChI=1S/C55H35N3O2/c1-3-14-33(15-4-1)36-27-26-35-30-49-45(31-44(35)38-19-8-7-18-37(36)38)39-20-9-11-24-48(39)58(49)55-56-46(34-16-5-2-6-17-34)32-47(57-55)42-22-13-23-43-52-51(60-53(42)43)29-28-41-40-21-10-12-25-50(40)59-54(41)52/h1-25,28-32,36H,26-27H2. The van der Waals surface area contributed by atoms with Crippen LogP contribution in [0.2, 0.25) is 0 Å². The topological polar surface area (TPSA) is 57.0 Å². The molecule has 0 aliphatic heterocycles. The van der Waals surface area contributed by atoms with Gasteiger partial charge in [0.25, 0.3) is 0 Å². The third-order valence-corrected chi connectivity index (χ3v) is 12.7. The van der Waals surface area contributed by atoms with Gasteiger partial charge in [0.15, 0.2) is 0 Å². The number of furan rings is 2. The zero-order valence-electron chi connectivity index (χ0n) is 32.5. The van der Waals surface area contributed by atoms with Crippen molar-refractivity contribution in [2.45, 2.75) is 18.8 Å². The fourth-order valence-electron chi connectivity index (χ4n) is 9.96. The van der Waals surface area contributed by atoms with E-state index >= 15 is 0 Å². The van der Waals surface area contributed by atoms with Crippen molar-refractivity contribution in [2.75, 3.05) is 0 Å². The molecule has 0 fully saturated rings. The van der Waals surface area contributed by atoms with E-state index in [1.807, 2.05) is 18.2 Å². The maximum Gasteiger partial charge on any atom is 0.235 e. The van der Waals surface area contributed by atoms with E-state index in [-0.39, 0.29) is 0 Å². The molecule has 0 bridgehead atoms. The third-order valence-electron chi connectivity index (χ3n) is 12.7. The Morgan fingerprint density at radius 3 is 2.08 bits per heavy atom. The summed E-state index contributed by atoms with van der Waals surface area (Å²) in [6.45, 7) is 0. The molecule has 282 valence electrons. The third kappa shape index (κ3) is 4.93. The Morgan fingerprint density at radius 1 is 0.467 bits per heavy atom. The number of hydrogen-bond acceptors (Lipinski definition) is 4. The molecule has 0 amide bonds. The molecule has 0 saturated carbocycles. The van der Waals surface area contributed by atoms with E-state index in [0.29, 0.717) is 11.9 Å². The maximum absolute atomic E-state index is 6.77. The largest absolute Gasteiger partial charge is 0.455 e. The Labute approximate surface area is 344 Å². The van der Waals surface area contributed by atoms with Crippen LogP contribution in [0.25, 0.3) is 105 Å². The summed E-state index contributed by atoms with van der Waals surface area (Å²) in [5, 5.41) is 6.48. The lowest BCUT2D eigenvalue weighted by molar-refractivity contribution is 0.663. The number of para-hydroxylation sites is 3. The van der Waals surface area contributed by atoms with E-state index in [2.05, 4.69) is 168 Å². The van der Waals surface area contributed by atoms with Crippen LogP contribution in [0, 0.1) is 0 Å². The minimum absolute atomic E-state index is 0.311. The second kappa shape index (κ2) is 12.9. The van der Waals surface area contributed by atoms with Crippen LogP contribution in [0.5, 0.6) is 0 Å². The number of benzene rings is 8. The lowest BCUT2D eigenvalue weighted by Gasteiger charge is -2.18. The fourth-order valence-corrected chi connectivity index (χ4v) is 9.96. The molecule has 4 heterocycles. The molecule has 1 atom stereocenters. The van der Waals surface area contributed by atoms with Crippen molar-refractivity contribution < 1.29 is 8.83 Å². The minimum Gasteiger partial charge on any atom is -0.455 e. The number of hydrogen-bond donors (Lipinski definition) is 0. The molecule has 13 rings (SSSR count). The zero-order valence-corrected chi connectivity index (χ0v) is 32.5. The summed E-state index contributed by atoms with van der Waals surface area (Å²) >= 11 is 0. The van der Waals surface area contributed by atoms with E-state index in [1.165, 1.54) is 38.6 Å². The van der Waals surface area contributed by atoms with Gasteiger partial charge in [-0.05, 0) is 89.2 Å². The van der Waals surface area contributed by atoms with Crippen LogP contribution in [0.15, 0.2) is 191 Å². The van der Waals surface area contributed by atoms with Crippen molar-refractivity contribution in [2.24, 2.45) is 0 Å². The molecule has 8 aromatic carbocycles. The van der Waals surface area contributed by atoms with Crippen LogP contribution < -0.4 is 0 Å². The van der Waals surface area contributed by atoms with Crippen LogP contribution in [-0.2, 0) is 6.42 Å². The molecular formula is C55H35N3O2. The normalized spacial score (nSPS) is 14.0. The van der Waals surface area contributed by atoms with Crippen molar-refractivity contribution in [3.8, 4) is 39.6 Å². The number of rotatable bonds is 4. The molecule has 0 radical (unpaired) electrons. The van der Waals surface area contributed by atoms with Crippen LogP contribution in [0.3, 0.4) is 0 Å². The molecule has 5 nitrogen and oxygen atoms in total. The van der Waals surface area contributed by atoms with Gasteiger partial charge in [-0.2, -0.15) is 0 Å². The zero-order chi connectivity index (χ0) is 39.3. The van der Waals surface area contributed by atoms with E-state index in [1.54, 1.807) is 0 Å². The molecule has 12 aromatic rings. The molecule has 0 N–H and O–H groups in total. The predicted octanol–water partition coefficient (Wildman–Crippen LogP) is 14.5. The van der Waals surface area contributed by atoms with Gasteiger partial charge in [-0.25, -0.2) is 9.97 Å². The quantitative estimate of drug-likeness (QED) is 0.179. The Kier molecular flexibility index (Phi) is 7.13. The van der Waals surface area contributed by atoms with Gasteiger partial charge >= 0.3 is 0 Å². The lowest BCUT2D eigenvalue weighted by atomic mass is 9.86. The first kappa shape index (κ1) is 33.2. The van der Waals surface area contributed by atoms with Crippen LogP contribution >= 0.6 is 0 Å². The fraction of sp³-hybridized carbons (Fsp3) is 0.0545. The van der Waals surface area contributed by atoms with E-state index < -0.39 is 0 Å². The Balaban J connectivity index is 1.05. The highest BCUT2D eigenvalue weighted by atomic mass is 16.3. The van der Waals surface area contributed by atoms with Gasteiger partial charge in [-0.1, -0.05) is 133 Å². The predicted molar refractivity (Wildman–Crippen MR) is 244 cm³/mol. The molecule has 60 heavy (non-hydrogen) atoms. The van der Waals surface area contributed by atoms with Crippen molar-refractivity contribution in [1.29, 1.82) is 0 Å². The minimum atomic E-state index is 0.311. The first-order valence-corrected chi connectivity index (χ1v) is 20.7. The van der Waals surface area contributed by atoms with E-state index in [4.69, 9.17) is 18.8 Å². The smallest absolute Gasteiger partial charge is 0.235 e. The van der Waals surface area contributed by atoms with Crippen LogP contribution in [0.1, 0.15) is 29.0 Å². The molecule has 1 aliphatic carbocycles. The molecule has 1 unspecified atom stereocenters. The summed E-state index contributed by atoms with van der Waals surface area (Å²) in [5.41, 5.74) is 15.6.